The minimum absolute atomic E-state index is 0.350. The van der Waals surface area contributed by atoms with E-state index in [1.165, 1.54) is 35.9 Å². The third-order valence-electron chi connectivity index (χ3n) is 3.70. The molecule has 8 heteroatoms. The Balaban J connectivity index is 1.65. The summed E-state index contributed by atoms with van der Waals surface area (Å²) in [5.41, 5.74) is 2.07. The number of rotatable bonds is 6. The van der Waals surface area contributed by atoms with Gasteiger partial charge in [0, 0.05) is 27.8 Å². The summed E-state index contributed by atoms with van der Waals surface area (Å²) in [6.07, 6.45) is 2.45. The van der Waals surface area contributed by atoms with Crippen LogP contribution in [0.3, 0.4) is 0 Å². The van der Waals surface area contributed by atoms with Gasteiger partial charge in [0.15, 0.2) is 11.2 Å². The van der Waals surface area contributed by atoms with Crippen molar-refractivity contribution in [2.75, 3.05) is 5.32 Å². The summed E-state index contributed by atoms with van der Waals surface area (Å²) >= 11 is 4.71. The lowest BCUT2D eigenvalue weighted by atomic mass is 10.2. The number of nitrogens with zero attached hydrogens (tertiary/aromatic N) is 2. The zero-order valence-electron chi connectivity index (χ0n) is 14.4. The van der Waals surface area contributed by atoms with Crippen LogP contribution in [-0.2, 0) is 9.53 Å². The summed E-state index contributed by atoms with van der Waals surface area (Å²) < 4.78 is 6.30. The van der Waals surface area contributed by atoms with Gasteiger partial charge in [0.2, 0.25) is 0 Å². The van der Waals surface area contributed by atoms with E-state index in [2.05, 4.69) is 31.2 Å². The van der Waals surface area contributed by atoms with Crippen LogP contribution in [0.25, 0.3) is 11.3 Å². The average molecular weight is 446 g/mol. The van der Waals surface area contributed by atoms with Gasteiger partial charge < -0.3 is 4.74 Å². The summed E-state index contributed by atoms with van der Waals surface area (Å²) in [4.78, 5) is 32.9. The van der Waals surface area contributed by atoms with E-state index in [-0.39, 0.29) is 0 Å². The molecule has 6 nitrogen and oxygen atoms in total. The Kier molecular flexibility index (Phi) is 6.31. The SMILES string of the molecule is CCC(OC(=O)c1ccncc1)C(=O)Nc1nc(-c2ccc(Br)cc2)cs1. The van der Waals surface area contributed by atoms with Crippen molar-refractivity contribution in [2.45, 2.75) is 19.4 Å². The molecule has 0 fully saturated rings. The molecule has 1 atom stereocenters. The molecule has 0 bridgehead atoms. The topological polar surface area (TPSA) is 81.2 Å². The van der Waals surface area contributed by atoms with Crippen molar-refractivity contribution < 1.29 is 14.3 Å². The summed E-state index contributed by atoms with van der Waals surface area (Å²) in [6.45, 7) is 1.78. The van der Waals surface area contributed by atoms with Gasteiger partial charge in [0.05, 0.1) is 11.3 Å². The molecule has 0 aliphatic heterocycles. The van der Waals surface area contributed by atoms with Crippen molar-refractivity contribution in [1.29, 1.82) is 0 Å². The molecule has 27 heavy (non-hydrogen) atoms. The smallest absolute Gasteiger partial charge is 0.339 e. The molecule has 2 heterocycles. The van der Waals surface area contributed by atoms with Gasteiger partial charge >= 0.3 is 5.97 Å². The lowest BCUT2D eigenvalue weighted by Crippen LogP contribution is -2.32. The molecule has 0 saturated carbocycles. The Morgan fingerprint density at radius 2 is 1.89 bits per heavy atom. The second-order valence-electron chi connectivity index (χ2n) is 5.57. The Hall–Kier alpha value is -2.58. The maximum Gasteiger partial charge on any atom is 0.339 e. The van der Waals surface area contributed by atoms with Crippen LogP contribution in [0.1, 0.15) is 23.7 Å². The van der Waals surface area contributed by atoms with Gasteiger partial charge in [0.1, 0.15) is 0 Å². The summed E-state index contributed by atoms with van der Waals surface area (Å²) in [7, 11) is 0. The molecule has 138 valence electrons. The molecule has 1 unspecified atom stereocenters. The van der Waals surface area contributed by atoms with Gasteiger partial charge in [-0.25, -0.2) is 9.78 Å². The zero-order valence-corrected chi connectivity index (χ0v) is 16.8. The van der Waals surface area contributed by atoms with Gasteiger partial charge in [-0.15, -0.1) is 11.3 Å². The standard InChI is InChI=1S/C19H16BrN3O3S/c1-2-16(26-18(25)13-7-9-21-10-8-13)17(24)23-19-22-15(11-27-19)12-3-5-14(20)6-4-12/h3-11,16H,2H2,1H3,(H,22,23,24). The predicted octanol–water partition coefficient (Wildman–Crippen LogP) is 4.54. The first-order valence-corrected chi connectivity index (χ1v) is 9.87. The van der Waals surface area contributed by atoms with E-state index >= 15 is 0 Å². The van der Waals surface area contributed by atoms with E-state index in [9.17, 15) is 9.59 Å². The van der Waals surface area contributed by atoms with Gasteiger partial charge in [-0.05, 0) is 30.7 Å². The number of carbonyl (C=O) groups excluding carboxylic acids is 2. The van der Waals surface area contributed by atoms with Crippen molar-refractivity contribution in [3.63, 3.8) is 0 Å². The molecule has 1 amide bonds. The minimum Gasteiger partial charge on any atom is -0.449 e. The van der Waals surface area contributed by atoms with E-state index in [0.29, 0.717) is 17.1 Å². The summed E-state index contributed by atoms with van der Waals surface area (Å²) in [6, 6.07) is 10.8. The molecule has 0 radical (unpaired) electrons. The van der Waals surface area contributed by atoms with Crippen LogP contribution in [0.5, 0.6) is 0 Å². The predicted molar refractivity (Wildman–Crippen MR) is 108 cm³/mol. The highest BCUT2D eigenvalue weighted by atomic mass is 79.9. The molecule has 1 N–H and O–H groups in total. The molecular formula is C19H16BrN3O3S. The number of pyridine rings is 1. The molecule has 3 rings (SSSR count). The number of hydrogen-bond acceptors (Lipinski definition) is 6. The fourth-order valence-corrected chi connectivity index (χ4v) is 3.26. The first kappa shape index (κ1) is 19.2. The van der Waals surface area contributed by atoms with Crippen LogP contribution in [0.2, 0.25) is 0 Å². The Morgan fingerprint density at radius 1 is 1.19 bits per heavy atom. The number of nitrogens with one attached hydrogen (secondary N) is 1. The molecule has 1 aromatic carbocycles. The van der Waals surface area contributed by atoms with Crippen molar-refractivity contribution in [3.8, 4) is 11.3 Å². The first-order chi connectivity index (χ1) is 13.1. The number of anilines is 1. The van der Waals surface area contributed by atoms with Crippen molar-refractivity contribution in [1.82, 2.24) is 9.97 Å². The number of thiazole rings is 1. The van der Waals surface area contributed by atoms with Gasteiger partial charge in [0.25, 0.3) is 5.91 Å². The molecule has 0 spiro atoms. The van der Waals surface area contributed by atoms with E-state index in [0.717, 1.165) is 15.7 Å². The molecule has 0 aliphatic carbocycles. The maximum atomic E-state index is 12.5. The number of benzene rings is 1. The van der Waals surface area contributed by atoms with Crippen molar-refractivity contribution in [2.24, 2.45) is 0 Å². The van der Waals surface area contributed by atoms with Crippen LogP contribution >= 0.6 is 27.3 Å². The fourth-order valence-electron chi connectivity index (χ4n) is 2.28. The fraction of sp³-hybridized carbons (Fsp3) is 0.158. The molecule has 3 aromatic rings. The second-order valence-corrected chi connectivity index (χ2v) is 7.35. The van der Waals surface area contributed by atoms with E-state index in [1.54, 1.807) is 6.92 Å². The van der Waals surface area contributed by atoms with E-state index < -0.39 is 18.0 Å². The van der Waals surface area contributed by atoms with E-state index in [4.69, 9.17) is 4.74 Å². The monoisotopic (exact) mass is 445 g/mol. The zero-order chi connectivity index (χ0) is 19.2. The van der Waals surface area contributed by atoms with Crippen LogP contribution in [-0.4, -0.2) is 27.9 Å². The Labute approximate surface area is 168 Å². The maximum absolute atomic E-state index is 12.5. The lowest BCUT2D eigenvalue weighted by Gasteiger charge is -2.15. The lowest BCUT2D eigenvalue weighted by molar-refractivity contribution is -0.124. The van der Waals surface area contributed by atoms with Crippen molar-refractivity contribution >= 4 is 44.3 Å². The average Bonchev–Trinajstić information content (AvgIpc) is 3.15. The molecule has 2 aromatic heterocycles. The van der Waals surface area contributed by atoms with Gasteiger partial charge in [-0.3, -0.25) is 15.1 Å². The largest absolute Gasteiger partial charge is 0.449 e. The normalized spacial score (nSPS) is 11.6. The number of hydrogen-bond donors (Lipinski definition) is 1. The van der Waals surface area contributed by atoms with Crippen LogP contribution in [0, 0.1) is 0 Å². The third-order valence-corrected chi connectivity index (χ3v) is 4.99. The second kappa shape index (κ2) is 8.88. The van der Waals surface area contributed by atoms with Crippen LogP contribution in [0.4, 0.5) is 5.13 Å². The number of halogens is 1. The van der Waals surface area contributed by atoms with Crippen LogP contribution < -0.4 is 5.32 Å². The Morgan fingerprint density at radius 3 is 2.56 bits per heavy atom. The highest BCUT2D eigenvalue weighted by Gasteiger charge is 2.23. The number of carbonyl (C=O) groups is 2. The number of aromatic nitrogens is 2. The van der Waals surface area contributed by atoms with Crippen molar-refractivity contribution in [3.05, 3.63) is 64.2 Å². The van der Waals surface area contributed by atoms with Gasteiger partial charge in [-0.1, -0.05) is 35.0 Å². The van der Waals surface area contributed by atoms with Crippen LogP contribution in [0.15, 0.2) is 58.6 Å². The summed E-state index contributed by atoms with van der Waals surface area (Å²) in [5.74, 6) is -0.967. The minimum atomic E-state index is -0.898. The summed E-state index contributed by atoms with van der Waals surface area (Å²) in [5, 5.41) is 5.04. The number of ether oxygens (including phenoxy) is 1. The third kappa shape index (κ3) is 4.99. The Bertz CT molecular complexity index is 929. The molecule has 0 aliphatic rings. The highest BCUT2D eigenvalue weighted by molar-refractivity contribution is 9.10. The molecule has 0 saturated heterocycles. The van der Waals surface area contributed by atoms with Gasteiger partial charge in [-0.2, -0.15) is 0 Å². The quantitative estimate of drug-likeness (QED) is 0.563. The number of esters is 1. The number of amides is 1. The molecular weight excluding hydrogens is 430 g/mol. The highest BCUT2D eigenvalue weighted by Crippen LogP contribution is 2.26. The van der Waals surface area contributed by atoms with E-state index in [1.807, 2.05) is 29.6 Å². The first-order valence-electron chi connectivity index (χ1n) is 8.20.